The first-order chi connectivity index (χ1) is 8.10. The highest BCUT2D eigenvalue weighted by Crippen LogP contribution is 2.25. The zero-order valence-corrected chi connectivity index (χ0v) is 11.1. The lowest BCUT2D eigenvalue weighted by atomic mass is 10.1. The monoisotopic (exact) mass is 248 g/mol. The van der Waals surface area contributed by atoms with Gasteiger partial charge in [-0.15, -0.1) is 11.3 Å². The van der Waals surface area contributed by atoms with E-state index in [1.807, 2.05) is 19.9 Å². The van der Waals surface area contributed by atoms with Gasteiger partial charge in [-0.2, -0.15) is 0 Å². The molecule has 0 aliphatic carbocycles. The van der Waals surface area contributed by atoms with E-state index < -0.39 is 0 Å². The van der Waals surface area contributed by atoms with E-state index in [0.29, 0.717) is 5.82 Å². The first kappa shape index (κ1) is 12.0. The molecule has 2 rings (SSSR count). The van der Waals surface area contributed by atoms with Gasteiger partial charge in [0.1, 0.15) is 0 Å². The summed E-state index contributed by atoms with van der Waals surface area (Å²) in [6.45, 7) is 6.20. The van der Waals surface area contributed by atoms with Crippen molar-refractivity contribution in [2.75, 3.05) is 0 Å². The second-order valence-electron chi connectivity index (χ2n) is 4.29. The fourth-order valence-corrected chi connectivity index (χ4v) is 2.48. The molecule has 0 radical (unpaired) electrons. The molecule has 0 saturated heterocycles. The van der Waals surface area contributed by atoms with Crippen LogP contribution in [-0.4, -0.2) is 9.97 Å². The van der Waals surface area contributed by atoms with Gasteiger partial charge in [0, 0.05) is 10.9 Å². The van der Waals surface area contributed by atoms with Crippen LogP contribution in [0.1, 0.15) is 37.3 Å². The summed E-state index contributed by atoms with van der Waals surface area (Å²) in [5.41, 5.74) is 0.764. The maximum Gasteiger partial charge on any atom is 0.251 e. The summed E-state index contributed by atoms with van der Waals surface area (Å²) in [6, 6.07) is 5.68. The van der Waals surface area contributed by atoms with Crippen molar-refractivity contribution in [2.24, 2.45) is 0 Å². The molecule has 3 nitrogen and oxygen atoms in total. The normalized spacial score (nSPS) is 11.1. The molecular formula is C13H16N2OS. The molecule has 4 heteroatoms. The summed E-state index contributed by atoms with van der Waals surface area (Å²) >= 11 is 1.68. The van der Waals surface area contributed by atoms with Gasteiger partial charge in [-0.3, -0.25) is 4.79 Å². The highest BCUT2D eigenvalue weighted by molar-refractivity contribution is 7.15. The van der Waals surface area contributed by atoms with Crippen molar-refractivity contribution >= 4 is 11.3 Å². The zero-order valence-electron chi connectivity index (χ0n) is 10.3. The smallest absolute Gasteiger partial charge is 0.251 e. The van der Waals surface area contributed by atoms with Crippen LogP contribution in [0.3, 0.4) is 0 Å². The van der Waals surface area contributed by atoms with E-state index >= 15 is 0 Å². The molecule has 0 spiro atoms. The van der Waals surface area contributed by atoms with Crippen molar-refractivity contribution in [1.29, 1.82) is 0 Å². The van der Waals surface area contributed by atoms with E-state index in [-0.39, 0.29) is 11.5 Å². The van der Waals surface area contributed by atoms with Crippen LogP contribution < -0.4 is 5.56 Å². The van der Waals surface area contributed by atoms with Crippen LogP contribution in [0.2, 0.25) is 0 Å². The molecule has 0 saturated carbocycles. The Labute approximate surface area is 105 Å². The molecule has 2 heterocycles. The van der Waals surface area contributed by atoms with Crippen molar-refractivity contribution in [2.45, 2.75) is 33.1 Å². The Balaban J connectivity index is 2.48. The predicted octanol–water partition coefficient (Wildman–Crippen LogP) is 3.18. The van der Waals surface area contributed by atoms with Crippen LogP contribution in [0.25, 0.3) is 10.7 Å². The number of hydrogen-bond acceptors (Lipinski definition) is 3. The van der Waals surface area contributed by atoms with Gasteiger partial charge in [0.15, 0.2) is 5.82 Å². The molecule has 17 heavy (non-hydrogen) atoms. The van der Waals surface area contributed by atoms with Gasteiger partial charge in [0.25, 0.3) is 5.56 Å². The van der Waals surface area contributed by atoms with Crippen molar-refractivity contribution in [1.82, 2.24) is 9.97 Å². The molecule has 2 aromatic rings. The largest absolute Gasteiger partial charge is 0.306 e. The van der Waals surface area contributed by atoms with Crippen LogP contribution in [-0.2, 0) is 6.42 Å². The van der Waals surface area contributed by atoms with Gasteiger partial charge in [-0.1, -0.05) is 20.8 Å². The SMILES string of the molecule is CCc1ccc(-c2nc(C(C)C)cc(=O)[nH]2)s1. The molecule has 2 aromatic heterocycles. The Kier molecular flexibility index (Phi) is 3.43. The van der Waals surface area contributed by atoms with Gasteiger partial charge in [0.2, 0.25) is 0 Å². The third-order valence-corrected chi connectivity index (χ3v) is 3.83. The van der Waals surface area contributed by atoms with Gasteiger partial charge in [-0.25, -0.2) is 4.98 Å². The van der Waals surface area contributed by atoms with Crippen LogP contribution >= 0.6 is 11.3 Å². The van der Waals surface area contributed by atoms with Crippen LogP contribution in [0, 0.1) is 0 Å². The van der Waals surface area contributed by atoms with Crippen molar-refractivity contribution in [3.63, 3.8) is 0 Å². The van der Waals surface area contributed by atoms with Crippen LogP contribution in [0.5, 0.6) is 0 Å². The van der Waals surface area contributed by atoms with E-state index in [1.54, 1.807) is 17.4 Å². The maximum atomic E-state index is 11.6. The number of thiophene rings is 1. The Hall–Kier alpha value is -1.42. The number of aromatic amines is 1. The van der Waals surface area contributed by atoms with Crippen LogP contribution in [0.4, 0.5) is 0 Å². The highest BCUT2D eigenvalue weighted by Gasteiger charge is 2.08. The minimum atomic E-state index is -0.0786. The average Bonchev–Trinajstić information content (AvgIpc) is 2.76. The molecule has 0 amide bonds. The Morgan fingerprint density at radius 2 is 2.18 bits per heavy atom. The highest BCUT2D eigenvalue weighted by atomic mass is 32.1. The number of hydrogen-bond donors (Lipinski definition) is 1. The number of aryl methyl sites for hydroxylation is 1. The van der Waals surface area contributed by atoms with Gasteiger partial charge >= 0.3 is 0 Å². The third-order valence-electron chi connectivity index (χ3n) is 2.60. The van der Waals surface area contributed by atoms with E-state index in [4.69, 9.17) is 0 Å². The molecule has 0 aliphatic rings. The minimum Gasteiger partial charge on any atom is -0.306 e. The average molecular weight is 248 g/mol. The predicted molar refractivity (Wildman–Crippen MR) is 71.6 cm³/mol. The molecule has 0 fully saturated rings. The van der Waals surface area contributed by atoms with E-state index in [2.05, 4.69) is 23.0 Å². The summed E-state index contributed by atoms with van der Waals surface area (Å²) < 4.78 is 0. The standard InChI is InChI=1S/C13H16N2OS/c1-4-9-5-6-11(17-9)13-14-10(8(2)3)7-12(16)15-13/h5-8H,4H2,1-3H3,(H,14,15,16). The summed E-state index contributed by atoms with van der Waals surface area (Å²) in [4.78, 5) is 21.2. The minimum absolute atomic E-state index is 0.0786. The van der Waals surface area contributed by atoms with Crippen LogP contribution in [0.15, 0.2) is 23.0 Å². The van der Waals surface area contributed by atoms with Crippen molar-refractivity contribution < 1.29 is 0 Å². The van der Waals surface area contributed by atoms with Gasteiger partial charge in [0.05, 0.1) is 10.6 Å². The zero-order chi connectivity index (χ0) is 12.4. The molecule has 90 valence electrons. The summed E-state index contributed by atoms with van der Waals surface area (Å²) in [5, 5.41) is 0. The Bertz CT molecular complexity index is 569. The molecule has 0 bridgehead atoms. The van der Waals surface area contributed by atoms with Crippen molar-refractivity contribution in [3.8, 4) is 10.7 Å². The summed E-state index contributed by atoms with van der Waals surface area (Å²) in [6.07, 6.45) is 1.01. The Morgan fingerprint density at radius 1 is 1.41 bits per heavy atom. The second-order valence-corrected chi connectivity index (χ2v) is 5.46. The number of aromatic nitrogens is 2. The first-order valence-electron chi connectivity index (χ1n) is 5.80. The fraction of sp³-hybridized carbons (Fsp3) is 0.385. The lowest BCUT2D eigenvalue weighted by molar-refractivity contribution is 0.812. The number of nitrogens with zero attached hydrogens (tertiary/aromatic N) is 1. The summed E-state index contributed by atoms with van der Waals surface area (Å²) in [7, 11) is 0. The molecule has 0 atom stereocenters. The lowest BCUT2D eigenvalue weighted by Crippen LogP contribution is -2.10. The number of rotatable bonds is 3. The van der Waals surface area contributed by atoms with Gasteiger partial charge < -0.3 is 4.98 Å². The second kappa shape index (κ2) is 4.84. The van der Waals surface area contributed by atoms with E-state index in [9.17, 15) is 4.79 Å². The molecule has 0 aliphatic heterocycles. The molecular weight excluding hydrogens is 232 g/mol. The Morgan fingerprint density at radius 3 is 2.76 bits per heavy atom. The van der Waals surface area contributed by atoms with Gasteiger partial charge in [-0.05, 0) is 24.5 Å². The maximum absolute atomic E-state index is 11.6. The van der Waals surface area contributed by atoms with Crippen molar-refractivity contribution in [3.05, 3.63) is 39.1 Å². The first-order valence-corrected chi connectivity index (χ1v) is 6.62. The molecule has 0 aromatic carbocycles. The summed E-state index contributed by atoms with van der Waals surface area (Å²) in [5.74, 6) is 0.951. The number of H-pyrrole nitrogens is 1. The fourth-order valence-electron chi connectivity index (χ4n) is 1.58. The molecule has 1 N–H and O–H groups in total. The number of nitrogens with one attached hydrogen (secondary N) is 1. The molecule has 0 unspecified atom stereocenters. The quantitative estimate of drug-likeness (QED) is 0.906. The van der Waals surface area contributed by atoms with E-state index in [1.165, 1.54) is 4.88 Å². The topological polar surface area (TPSA) is 45.8 Å². The lowest BCUT2D eigenvalue weighted by Gasteiger charge is -2.05. The third kappa shape index (κ3) is 2.64. The van der Waals surface area contributed by atoms with E-state index in [0.717, 1.165) is 17.0 Å².